The summed E-state index contributed by atoms with van der Waals surface area (Å²) >= 11 is 3.55. The smallest absolute Gasteiger partial charge is 0.0294 e. The Kier molecular flexibility index (Phi) is 4.85. The Morgan fingerprint density at radius 3 is 2.44 bits per heavy atom. The lowest BCUT2D eigenvalue weighted by atomic mass is 9.80. The Hall–Kier alpha value is -0.340. The van der Waals surface area contributed by atoms with E-state index in [1.165, 1.54) is 29.3 Å². The molecule has 0 amide bonds. The molecular formula is C16H24BrN. The lowest BCUT2D eigenvalue weighted by molar-refractivity contribution is 0.228. The van der Waals surface area contributed by atoms with Crippen molar-refractivity contribution < 1.29 is 0 Å². The van der Waals surface area contributed by atoms with E-state index in [2.05, 4.69) is 66.3 Å². The average Bonchev–Trinajstić information content (AvgIpc) is 2.27. The third-order valence-corrected chi connectivity index (χ3v) is 4.51. The second kappa shape index (κ2) is 6.21. The number of hydrogen-bond donors (Lipinski definition) is 1. The fourth-order valence-corrected chi connectivity index (χ4v) is 3.73. The van der Waals surface area contributed by atoms with Crippen molar-refractivity contribution in [1.29, 1.82) is 0 Å². The zero-order valence-corrected chi connectivity index (χ0v) is 13.2. The molecule has 100 valence electrons. The third-order valence-electron chi connectivity index (χ3n) is 4.01. The van der Waals surface area contributed by atoms with E-state index in [4.69, 9.17) is 0 Å². The molecule has 18 heavy (non-hydrogen) atoms. The van der Waals surface area contributed by atoms with Crippen molar-refractivity contribution in [2.45, 2.75) is 52.1 Å². The van der Waals surface area contributed by atoms with E-state index >= 15 is 0 Å². The van der Waals surface area contributed by atoms with E-state index in [1.54, 1.807) is 0 Å². The van der Waals surface area contributed by atoms with Gasteiger partial charge in [-0.05, 0) is 55.7 Å². The molecule has 2 unspecified atom stereocenters. The van der Waals surface area contributed by atoms with Gasteiger partial charge in [-0.1, -0.05) is 41.9 Å². The highest BCUT2D eigenvalue weighted by Gasteiger charge is 2.24. The predicted molar refractivity (Wildman–Crippen MR) is 81.7 cm³/mol. The SMILES string of the molecule is CC1CC(C)CC(N[C@@H](C)c2cccc(Br)c2)C1. The van der Waals surface area contributed by atoms with Crippen LogP contribution in [0.4, 0.5) is 0 Å². The van der Waals surface area contributed by atoms with Gasteiger partial charge in [-0.2, -0.15) is 0 Å². The Labute approximate surface area is 119 Å². The summed E-state index contributed by atoms with van der Waals surface area (Å²) in [5.41, 5.74) is 1.37. The van der Waals surface area contributed by atoms with Crippen LogP contribution in [0, 0.1) is 11.8 Å². The second-order valence-corrected chi connectivity index (χ2v) is 6.97. The first kappa shape index (κ1) is 14.1. The molecule has 1 aliphatic carbocycles. The van der Waals surface area contributed by atoms with Gasteiger partial charge in [-0.3, -0.25) is 0 Å². The maximum absolute atomic E-state index is 3.80. The van der Waals surface area contributed by atoms with Crippen molar-refractivity contribution in [3.05, 3.63) is 34.3 Å². The molecule has 0 spiro atoms. The number of hydrogen-bond acceptors (Lipinski definition) is 1. The standard InChI is InChI=1S/C16H24BrN/c1-11-7-12(2)9-16(8-11)18-13(3)14-5-4-6-15(17)10-14/h4-6,10-13,16,18H,7-9H2,1-3H3/t11?,12?,13-,16?/m0/s1. The Morgan fingerprint density at radius 1 is 1.17 bits per heavy atom. The fraction of sp³-hybridized carbons (Fsp3) is 0.625. The van der Waals surface area contributed by atoms with E-state index < -0.39 is 0 Å². The Bertz CT molecular complexity index is 380. The first-order valence-electron chi connectivity index (χ1n) is 7.06. The molecule has 1 N–H and O–H groups in total. The largest absolute Gasteiger partial charge is 0.307 e. The van der Waals surface area contributed by atoms with Gasteiger partial charge >= 0.3 is 0 Å². The molecule has 1 aromatic rings. The lowest BCUT2D eigenvalue weighted by Crippen LogP contribution is -2.37. The van der Waals surface area contributed by atoms with E-state index in [9.17, 15) is 0 Å². The number of rotatable bonds is 3. The minimum absolute atomic E-state index is 0.435. The van der Waals surface area contributed by atoms with Crippen LogP contribution >= 0.6 is 15.9 Å². The molecule has 0 saturated heterocycles. The van der Waals surface area contributed by atoms with E-state index in [1.807, 2.05) is 0 Å². The lowest BCUT2D eigenvalue weighted by Gasteiger charge is -2.34. The van der Waals surface area contributed by atoms with Gasteiger partial charge in [-0.15, -0.1) is 0 Å². The maximum atomic E-state index is 3.80. The number of halogens is 1. The molecule has 1 saturated carbocycles. The third kappa shape index (κ3) is 3.83. The molecule has 0 aromatic heterocycles. The summed E-state index contributed by atoms with van der Waals surface area (Å²) in [5, 5.41) is 3.80. The van der Waals surface area contributed by atoms with Gasteiger partial charge in [-0.25, -0.2) is 0 Å². The molecule has 1 nitrogen and oxygen atoms in total. The maximum Gasteiger partial charge on any atom is 0.0294 e. The van der Waals surface area contributed by atoms with Gasteiger partial charge < -0.3 is 5.32 Å². The molecule has 0 bridgehead atoms. The van der Waals surface area contributed by atoms with Gasteiger partial charge in [0.25, 0.3) is 0 Å². The highest BCUT2D eigenvalue weighted by Crippen LogP contribution is 2.30. The molecule has 1 aliphatic rings. The molecular weight excluding hydrogens is 286 g/mol. The average molecular weight is 310 g/mol. The van der Waals surface area contributed by atoms with Gasteiger partial charge in [0, 0.05) is 16.6 Å². The van der Waals surface area contributed by atoms with Crippen LogP contribution in [0.2, 0.25) is 0 Å². The minimum Gasteiger partial charge on any atom is -0.307 e. The van der Waals surface area contributed by atoms with E-state index in [-0.39, 0.29) is 0 Å². The van der Waals surface area contributed by atoms with Gasteiger partial charge in [0.15, 0.2) is 0 Å². The topological polar surface area (TPSA) is 12.0 Å². The second-order valence-electron chi connectivity index (χ2n) is 6.06. The van der Waals surface area contributed by atoms with Gasteiger partial charge in [0.05, 0.1) is 0 Å². The quantitative estimate of drug-likeness (QED) is 0.835. The highest BCUT2D eigenvalue weighted by molar-refractivity contribution is 9.10. The van der Waals surface area contributed by atoms with Crippen LogP contribution in [0.15, 0.2) is 28.7 Å². The molecule has 1 fully saturated rings. The molecule has 0 heterocycles. The summed E-state index contributed by atoms with van der Waals surface area (Å²) in [4.78, 5) is 0. The van der Waals surface area contributed by atoms with Gasteiger partial charge in [0.1, 0.15) is 0 Å². The summed E-state index contributed by atoms with van der Waals surface area (Å²) in [5.74, 6) is 1.72. The summed E-state index contributed by atoms with van der Waals surface area (Å²) in [6.07, 6.45) is 4.04. The first-order chi connectivity index (χ1) is 8.54. The van der Waals surface area contributed by atoms with E-state index in [0.717, 1.165) is 11.8 Å². The predicted octanol–water partition coefficient (Wildman–Crippen LogP) is 4.92. The van der Waals surface area contributed by atoms with Crippen LogP contribution in [-0.4, -0.2) is 6.04 Å². The molecule has 2 heteroatoms. The van der Waals surface area contributed by atoms with Crippen LogP contribution in [0.25, 0.3) is 0 Å². The van der Waals surface area contributed by atoms with Crippen molar-refractivity contribution in [2.75, 3.05) is 0 Å². The first-order valence-corrected chi connectivity index (χ1v) is 7.85. The summed E-state index contributed by atoms with van der Waals surface area (Å²) < 4.78 is 1.17. The van der Waals surface area contributed by atoms with Gasteiger partial charge in [0.2, 0.25) is 0 Å². The zero-order chi connectivity index (χ0) is 13.1. The molecule has 3 atom stereocenters. The van der Waals surface area contributed by atoms with Crippen LogP contribution in [0.5, 0.6) is 0 Å². The molecule has 0 aliphatic heterocycles. The number of benzene rings is 1. The minimum atomic E-state index is 0.435. The van der Waals surface area contributed by atoms with Crippen LogP contribution < -0.4 is 5.32 Å². The number of nitrogens with one attached hydrogen (secondary N) is 1. The summed E-state index contributed by atoms with van der Waals surface area (Å²) in [7, 11) is 0. The van der Waals surface area contributed by atoms with Crippen LogP contribution in [-0.2, 0) is 0 Å². The van der Waals surface area contributed by atoms with Crippen molar-refractivity contribution >= 4 is 15.9 Å². The normalized spacial score (nSPS) is 30.1. The Morgan fingerprint density at radius 2 is 1.83 bits per heavy atom. The summed E-state index contributed by atoms with van der Waals surface area (Å²) in [6, 6.07) is 9.73. The molecule has 0 radical (unpaired) electrons. The van der Waals surface area contributed by atoms with Crippen LogP contribution in [0.3, 0.4) is 0 Å². The summed E-state index contributed by atoms with van der Waals surface area (Å²) in [6.45, 7) is 7.04. The van der Waals surface area contributed by atoms with E-state index in [0.29, 0.717) is 12.1 Å². The van der Waals surface area contributed by atoms with Crippen molar-refractivity contribution in [3.8, 4) is 0 Å². The highest BCUT2D eigenvalue weighted by atomic mass is 79.9. The fourth-order valence-electron chi connectivity index (χ4n) is 3.31. The van der Waals surface area contributed by atoms with Crippen LogP contribution in [0.1, 0.15) is 51.6 Å². The molecule has 2 rings (SSSR count). The zero-order valence-electron chi connectivity index (χ0n) is 11.6. The molecule has 1 aromatic carbocycles. The Balaban J connectivity index is 1.96. The van der Waals surface area contributed by atoms with Crippen molar-refractivity contribution in [3.63, 3.8) is 0 Å². The monoisotopic (exact) mass is 309 g/mol. The van der Waals surface area contributed by atoms with Crippen molar-refractivity contribution in [2.24, 2.45) is 11.8 Å². The van der Waals surface area contributed by atoms with Crippen molar-refractivity contribution in [1.82, 2.24) is 5.32 Å².